The number of carbonyl (C=O) groups is 2. The van der Waals surface area contributed by atoms with E-state index < -0.39 is 0 Å². The van der Waals surface area contributed by atoms with E-state index in [1.165, 1.54) is 0 Å². The molecule has 5 nitrogen and oxygen atoms in total. The number of nitrogens with zero attached hydrogens (tertiary/aromatic N) is 1. The average Bonchev–Trinajstić information content (AvgIpc) is 3.10. The van der Waals surface area contributed by atoms with E-state index in [2.05, 4.69) is 5.32 Å². The molecule has 1 fully saturated rings. The van der Waals surface area contributed by atoms with E-state index in [4.69, 9.17) is 16.0 Å². The lowest BCUT2D eigenvalue weighted by Gasteiger charge is -2.15. The van der Waals surface area contributed by atoms with Crippen LogP contribution >= 0.6 is 11.6 Å². The molecule has 0 unspecified atom stereocenters. The molecule has 1 saturated heterocycles. The van der Waals surface area contributed by atoms with Crippen LogP contribution in [0.3, 0.4) is 0 Å². The summed E-state index contributed by atoms with van der Waals surface area (Å²) in [5.74, 6) is 0.144. The van der Waals surface area contributed by atoms with Crippen LogP contribution < -0.4 is 5.32 Å². The van der Waals surface area contributed by atoms with Gasteiger partial charge < -0.3 is 14.6 Å². The SMILES string of the molecule is O=C(Nc1cccc(Cl)c1)[C@H]1CC(=O)N(Cc2ccco2)C1. The van der Waals surface area contributed by atoms with Crippen molar-refractivity contribution in [2.45, 2.75) is 13.0 Å². The number of halogens is 1. The minimum atomic E-state index is -0.360. The number of amides is 2. The number of hydrogen-bond donors (Lipinski definition) is 1. The maximum atomic E-state index is 12.3. The zero-order valence-corrected chi connectivity index (χ0v) is 12.5. The molecule has 0 spiro atoms. The third-order valence-corrected chi connectivity index (χ3v) is 3.84. The molecule has 0 radical (unpaired) electrons. The van der Waals surface area contributed by atoms with Gasteiger partial charge in [-0.2, -0.15) is 0 Å². The fourth-order valence-corrected chi connectivity index (χ4v) is 2.69. The van der Waals surface area contributed by atoms with Gasteiger partial charge in [0, 0.05) is 23.7 Å². The number of hydrogen-bond acceptors (Lipinski definition) is 3. The number of benzene rings is 1. The molecule has 6 heteroatoms. The first-order valence-electron chi connectivity index (χ1n) is 6.98. The number of likely N-dealkylation sites (tertiary alicyclic amines) is 1. The molecule has 0 bridgehead atoms. The minimum absolute atomic E-state index is 0.0392. The van der Waals surface area contributed by atoms with Gasteiger partial charge in [-0.25, -0.2) is 0 Å². The first kappa shape index (κ1) is 14.7. The molecule has 2 aromatic rings. The summed E-state index contributed by atoms with van der Waals surface area (Å²) >= 11 is 5.89. The highest BCUT2D eigenvalue weighted by Gasteiger charge is 2.34. The van der Waals surface area contributed by atoms with Crippen LogP contribution in [0.1, 0.15) is 12.2 Å². The Labute approximate surface area is 132 Å². The van der Waals surface area contributed by atoms with Crippen molar-refractivity contribution in [3.63, 3.8) is 0 Å². The van der Waals surface area contributed by atoms with Crippen LogP contribution in [-0.4, -0.2) is 23.3 Å². The fraction of sp³-hybridized carbons (Fsp3) is 0.250. The second kappa shape index (κ2) is 6.23. The molecule has 3 rings (SSSR count). The molecule has 1 aliphatic heterocycles. The number of nitrogens with one attached hydrogen (secondary N) is 1. The molecule has 2 amide bonds. The number of anilines is 1. The van der Waals surface area contributed by atoms with Gasteiger partial charge in [0.2, 0.25) is 11.8 Å². The van der Waals surface area contributed by atoms with Gasteiger partial charge in [0.25, 0.3) is 0 Å². The summed E-state index contributed by atoms with van der Waals surface area (Å²) in [7, 11) is 0. The summed E-state index contributed by atoms with van der Waals surface area (Å²) in [4.78, 5) is 25.9. The second-order valence-corrected chi connectivity index (χ2v) is 5.69. The Hall–Kier alpha value is -2.27. The number of furan rings is 1. The summed E-state index contributed by atoms with van der Waals surface area (Å²) in [5.41, 5.74) is 0.634. The van der Waals surface area contributed by atoms with Gasteiger partial charge in [0.1, 0.15) is 5.76 Å². The third-order valence-electron chi connectivity index (χ3n) is 3.60. The first-order valence-corrected chi connectivity index (χ1v) is 7.36. The van der Waals surface area contributed by atoms with Gasteiger partial charge in [-0.3, -0.25) is 9.59 Å². The van der Waals surface area contributed by atoms with E-state index >= 15 is 0 Å². The molecule has 1 N–H and O–H groups in total. The molecule has 0 aliphatic carbocycles. The van der Waals surface area contributed by atoms with E-state index in [-0.39, 0.29) is 24.2 Å². The lowest BCUT2D eigenvalue weighted by molar-refractivity contribution is -0.128. The van der Waals surface area contributed by atoms with E-state index in [1.807, 2.05) is 6.07 Å². The zero-order valence-electron chi connectivity index (χ0n) is 11.8. The van der Waals surface area contributed by atoms with E-state index in [9.17, 15) is 9.59 Å². The summed E-state index contributed by atoms with van der Waals surface area (Å²) in [6.07, 6.45) is 1.78. The zero-order chi connectivity index (χ0) is 15.5. The Balaban J connectivity index is 1.61. The normalized spacial score (nSPS) is 17.8. The minimum Gasteiger partial charge on any atom is -0.467 e. The van der Waals surface area contributed by atoms with Gasteiger partial charge in [-0.05, 0) is 30.3 Å². The van der Waals surface area contributed by atoms with Crippen LogP contribution in [0.25, 0.3) is 0 Å². The highest BCUT2D eigenvalue weighted by molar-refractivity contribution is 6.30. The van der Waals surface area contributed by atoms with Crippen molar-refractivity contribution in [1.29, 1.82) is 0 Å². The predicted octanol–water partition coefficient (Wildman–Crippen LogP) is 2.92. The molecule has 22 heavy (non-hydrogen) atoms. The molecule has 1 aromatic carbocycles. The van der Waals surface area contributed by atoms with Crippen LogP contribution in [0.5, 0.6) is 0 Å². The largest absolute Gasteiger partial charge is 0.467 e. The van der Waals surface area contributed by atoms with Crippen molar-refractivity contribution >= 4 is 29.1 Å². The molecule has 1 aliphatic rings. The molecule has 0 saturated carbocycles. The smallest absolute Gasteiger partial charge is 0.229 e. The van der Waals surface area contributed by atoms with E-state index in [1.54, 1.807) is 41.5 Å². The Morgan fingerprint density at radius 3 is 2.95 bits per heavy atom. The topological polar surface area (TPSA) is 62.6 Å². The lowest BCUT2D eigenvalue weighted by atomic mass is 10.1. The van der Waals surface area contributed by atoms with Crippen molar-refractivity contribution < 1.29 is 14.0 Å². The van der Waals surface area contributed by atoms with Crippen molar-refractivity contribution in [3.05, 3.63) is 53.4 Å². The Kier molecular flexibility index (Phi) is 4.15. The van der Waals surface area contributed by atoms with Crippen molar-refractivity contribution in [3.8, 4) is 0 Å². The average molecular weight is 319 g/mol. The van der Waals surface area contributed by atoms with Crippen molar-refractivity contribution in [2.24, 2.45) is 5.92 Å². The van der Waals surface area contributed by atoms with E-state index in [0.29, 0.717) is 29.6 Å². The monoisotopic (exact) mass is 318 g/mol. The van der Waals surface area contributed by atoms with Gasteiger partial charge >= 0.3 is 0 Å². The summed E-state index contributed by atoms with van der Waals surface area (Å²) in [5, 5.41) is 3.35. The van der Waals surface area contributed by atoms with Crippen LogP contribution in [0.2, 0.25) is 5.02 Å². The maximum Gasteiger partial charge on any atom is 0.229 e. The molecule has 1 atom stereocenters. The van der Waals surface area contributed by atoms with Gasteiger partial charge in [-0.1, -0.05) is 17.7 Å². The van der Waals surface area contributed by atoms with Crippen LogP contribution in [0.4, 0.5) is 5.69 Å². The van der Waals surface area contributed by atoms with Gasteiger partial charge in [-0.15, -0.1) is 0 Å². The molecule has 1 aromatic heterocycles. The van der Waals surface area contributed by atoms with Crippen molar-refractivity contribution in [2.75, 3.05) is 11.9 Å². The van der Waals surface area contributed by atoms with Crippen LogP contribution in [0, 0.1) is 5.92 Å². The standard InChI is InChI=1S/C16H15ClN2O3/c17-12-3-1-4-13(8-12)18-16(21)11-7-15(20)19(9-11)10-14-5-2-6-22-14/h1-6,8,11H,7,9-10H2,(H,18,21)/t11-/m0/s1. The Morgan fingerprint density at radius 1 is 1.36 bits per heavy atom. The quantitative estimate of drug-likeness (QED) is 0.942. The predicted molar refractivity (Wildman–Crippen MR) is 82.3 cm³/mol. The second-order valence-electron chi connectivity index (χ2n) is 5.25. The Morgan fingerprint density at radius 2 is 2.23 bits per heavy atom. The maximum absolute atomic E-state index is 12.3. The Bertz CT molecular complexity index is 684. The molecular formula is C16H15ClN2O3. The summed E-state index contributed by atoms with van der Waals surface area (Å²) < 4.78 is 5.24. The third kappa shape index (κ3) is 3.31. The van der Waals surface area contributed by atoms with Crippen LogP contribution in [-0.2, 0) is 16.1 Å². The summed E-state index contributed by atoms with van der Waals surface area (Å²) in [6, 6.07) is 10.5. The molecule has 2 heterocycles. The van der Waals surface area contributed by atoms with Crippen LogP contribution in [0.15, 0.2) is 47.1 Å². The summed E-state index contributed by atoms with van der Waals surface area (Å²) in [6.45, 7) is 0.790. The highest BCUT2D eigenvalue weighted by atomic mass is 35.5. The molecular weight excluding hydrogens is 304 g/mol. The molecule has 114 valence electrons. The highest BCUT2D eigenvalue weighted by Crippen LogP contribution is 2.23. The van der Waals surface area contributed by atoms with Crippen molar-refractivity contribution in [1.82, 2.24) is 4.90 Å². The first-order chi connectivity index (χ1) is 10.6. The van der Waals surface area contributed by atoms with E-state index in [0.717, 1.165) is 0 Å². The number of carbonyl (C=O) groups excluding carboxylic acids is 2. The number of rotatable bonds is 4. The fourth-order valence-electron chi connectivity index (χ4n) is 2.50. The lowest BCUT2D eigenvalue weighted by Crippen LogP contribution is -2.27. The van der Waals surface area contributed by atoms with Gasteiger partial charge in [0.05, 0.1) is 18.7 Å². The van der Waals surface area contributed by atoms with Gasteiger partial charge in [0.15, 0.2) is 0 Å².